The number of benzene rings is 1. The zero-order chi connectivity index (χ0) is 18.9. The van der Waals surface area contributed by atoms with E-state index in [0.717, 1.165) is 11.8 Å². The first kappa shape index (κ1) is 20.9. The number of hydrogen-bond acceptors (Lipinski definition) is 4. The van der Waals surface area contributed by atoms with Crippen molar-refractivity contribution in [3.63, 3.8) is 0 Å². The number of sulfonamides is 1. The summed E-state index contributed by atoms with van der Waals surface area (Å²) in [7, 11) is -1.48. The van der Waals surface area contributed by atoms with Gasteiger partial charge >= 0.3 is 0 Å². The molecule has 0 fully saturated rings. The van der Waals surface area contributed by atoms with E-state index >= 15 is 0 Å². The fourth-order valence-electron chi connectivity index (χ4n) is 2.09. The lowest BCUT2D eigenvalue weighted by molar-refractivity contribution is -0.129. The molecule has 0 bridgehead atoms. The van der Waals surface area contributed by atoms with Crippen LogP contribution in [0.3, 0.4) is 0 Å². The van der Waals surface area contributed by atoms with Crippen LogP contribution in [0.5, 0.6) is 0 Å². The number of amides is 2. The fraction of sp³-hybridized carbons (Fsp3) is 0.412. The number of anilines is 1. The molecule has 0 saturated carbocycles. The predicted molar refractivity (Wildman–Crippen MR) is 98.7 cm³/mol. The summed E-state index contributed by atoms with van der Waals surface area (Å²) in [6.07, 6.45) is 3.84. The zero-order valence-electron chi connectivity index (χ0n) is 14.6. The summed E-state index contributed by atoms with van der Waals surface area (Å²) in [4.78, 5) is 24.9. The van der Waals surface area contributed by atoms with Crippen molar-refractivity contribution < 1.29 is 18.0 Å². The van der Waals surface area contributed by atoms with E-state index in [1.54, 1.807) is 24.1 Å². The molecule has 2 amide bonds. The van der Waals surface area contributed by atoms with Crippen molar-refractivity contribution in [3.8, 4) is 0 Å². The predicted octanol–water partition coefficient (Wildman–Crippen LogP) is 1.14. The molecule has 0 aliphatic heterocycles. The Morgan fingerprint density at radius 3 is 2.44 bits per heavy atom. The lowest BCUT2D eigenvalue weighted by atomic mass is 10.1. The minimum absolute atomic E-state index is 0.00314. The molecule has 0 saturated heterocycles. The summed E-state index contributed by atoms with van der Waals surface area (Å²) in [5.41, 5.74) is 1.67. The molecular formula is C17H25N3O4S. The number of hydrogen-bond donors (Lipinski definition) is 2. The lowest BCUT2D eigenvalue weighted by Gasteiger charge is -2.17. The first-order valence-electron chi connectivity index (χ1n) is 7.92. The maximum Gasteiger partial charge on any atom is 0.247 e. The summed E-state index contributed by atoms with van der Waals surface area (Å²) in [6.45, 7) is 4.20. The highest BCUT2D eigenvalue weighted by atomic mass is 32.2. The third-order valence-electron chi connectivity index (χ3n) is 3.49. The zero-order valence-corrected chi connectivity index (χ0v) is 15.4. The smallest absolute Gasteiger partial charge is 0.247 e. The van der Waals surface area contributed by atoms with Crippen molar-refractivity contribution in [2.75, 3.05) is 31.7 Å². The van der Waals surface area contributed by atoms with Gasteiger partial charge in [-0.3, -0.25) is 9.59 Å². The molecular weight excluding hydrogens is 342 g/mol. The average Bonchev–Trinajstić information content (AvgIpc) is 2.56. The van der Waals surface area contributed by atoms with Gasteiger partial charge in [0, 0.05) is 32.2 Å². The van der Waals surface area contributed by atoms with E-state index in [1.165, 1.54) is 6.08 Å². The van der Waals surface area contributed by atoms with Crippen molar-refractivity contribution in [3.05, 3.63) is 42.5 Å². The van der Waals surface area contributed by atoms with Crippen LogP contribution in [0, 0.1) is 0 Å². The standard InChI is InChI=1S/C17H25N3O4S/c1-4-16(21)19-15-9-6-14(7-10-15)8-11-17(22)20(2)13-5-12-18-25(3,23)24/h4,6-7,9-10,18H,1,5,8,11-13H2,2-3H3,(H,19,21). The Morgan fingerprint density at radius 1 is 1.24 bits per heavy atom. The Hall–Kier alpha value is -2.19. The van der Waals surface area contributed by atoms with Gasteiger partial charge in [0.2, 0.25) is 21.8 Å². The van der Waals surface area contributed by atoms with E-state index in [-0.39, 0.29) is 11.8 Å². The van der Waals surface area contributed by atoms with E-state index < -0.39 is 10.0 Å². The van der Waals surface area contributed by atoms with Gasteiger partial charge in [0.15, 0.2) is 0 Å². The summed E-state index contributed by atoms with van der Waals surface area (Å²) in [5.74, 6) is -0.265. The van der Waals surface area contributed by atoms with Crippen LogP contribution < -0.4 is 10.0 Å². The molecule has 1 rings (SSSR count). The van der Waals surface area contributed by atoms with E-state index in [2.05, 4.69) is 16.6 Å². The summed E-state index contributed by atoms with van der Waals surface area (Å²) in [6, 6.07) is 7.29. The highest BCUT2D eigenvalue weighted by molar-refractivity contribution is 7.88. The van der Waals surface area contributed by atoms with Crippen molar-refractivity contribution in [2.24, 2.45) is 0 Å². The van der Waals surface area contributed by atoms with Gasteiger partial charge in [-0.2, -0.15) is 0 Å². The maximum absolute atomic E-state index is 12.1. The molecule has 0 aromatic heterocycles. The van der Waals surface area contributed by atoms with Crippen LogP contribution >= 0.6 is 0 Å². The van der Waals surface area contributed by atoms with Crippen LogP contribution in [0.25, 0.3) is 0 Å². The van der Waals surface area contributed by atoms with Crippen molar-refractivity contribution in [1.82, 2.24) is 9.62 Å². The molecule has 0 unspecified atom stereocenters. The molecule has 0 aliphatic rings. The van der Waals surface area contributed by atoms with Gasteiger partial charge in [0.05, 0.1) is 6.26 Å². The van der Waals surface area contributed by atoms with Crippen LogP contribution in [0.1, 0.15) is 18.4 Å². The van der Waals surface area contributed by atoms with Gasteiger partial charge < -0.3 is 10.2 Å². The Morgan fingerprint density at radius 2 is 1.88 bits per heavy atom. The minimum Gasteiger partial charge on any atom is -0.346 e. The molecule has 1 aromatic carbocycles. The van der Waals surface area contributed by atoms with Crippen molar-refractivity contribution >= 4 is 27.5 Å². The highest BCUT2D eigenvalue weighted by Gasteiger charge is 2.09. The normalized spacial score (nSPS) is 11.0. The number of carbonyl (C=O) groups is 2. The summed E-state index contributed by atoms with van der Waals surface area (Å²) >= 11 is 0. The van der Waals surface area contributed by atoms with Gasteiger partial charge in [0.1, 0.15) is 0 Å². The van der Waals surface area contributed by atoms with Gasteiger partial charge in [-0.1, -0.05) is 18.7 Å². The quantitative estimate of drug-likeness (QED) is 0.479. The van der Waals surface area contributed by atoms with Crippen LogP contribution in [-0.2, 0) is 26.0 Å². The van der Waals surface area contributed by atoms with Crippen LogP contribution in [0.15, 0.2) is 36.9 Å². The fourth-order valence-corrected chi connectivity index (χ4v) is 2.60. The third-order valence-corrected chi connectivity index (χ3v) is 4.22. The van der Waals surface area contributed by atoms with Gasteiger partial charge in [0.25, 0.3) is 0 Å². The Kier molecular flexibility index (Phi) is 8.30. The van der Waals surface area contributed by atoms with E-state index in [9.17, 15) is 18.0 Å². The van der Waals surface area contributed by atoms with Crippen LogP contribution in [0.4, 0.5) is 5.69 Å². The molecule has 0 spiro atoms. The molecule has 7 nitrogen and oxygen atoms in total. The van der Waals surface area contributed by atoms with E-state index in [1.807, 2.05) is 12.1 Å². The second-order valence-electron chi connectivity index (χ2n) is 5.73. The molecule has 25 heavy (non-hydrogen) atoms. The molecule has 0 heterocycles. The number of nitrogens with zero attached hydrogens (tertiary/aromatic N) is 1. The van der Waals surface area contributed by atoms with Gasteiger partial charge in [-0.15, -0.1) is 0 Å². The molecule has 0 aliphatic carbocycles. The topological polar surface area (TPSA) is 95.6 Å². The molecule has 8 heteroatoms. The molecule has 0 atom stereocenters. The monoisotopic (exact) mass is 367 g/mol. The maximum atomic E-state index is 12.1. The first-order chi connectivity index (χ1) is 11.7. The largest absolute Gasteiger partial charge is 0.346 e. The van der Waals surface area contributed by atoms with Gasteiger partial charge in [-0.25, -0.2) is 13.1 Å². The van der Waals surface area contributed by atoms with Crippen LogP contribution in [0.2, 0.25) is 0 Å². The number of nitrogens with one attached hydrogen (secondary N) is 2. The summed E-state index contributed by atoms with van der Waals surface area (Å²) in [5, 5.41) is 2.66. The van der Waals surface area contributed by atoms with Gasteiger partial charge in [-0.05, 0) is 36.6 Å². The Labute approximate surface area is 149 Å². The van der Waals surface area contributed by atoms with Crippen molar-refractivity contribution in [1.29, 1.82) is 0 Å². The highest BCUT2D eigenvalue weighted by Crippen LogP contribution is 2.11. The minimum atomic E-state index is -3.19. The Balaban J connectivity index is 2.35. The second-order valence-corrected chi connectivity index (χ2v) is 7.56. The Bertz CT molecular complexity index is 699. The molecule has 2 N–H and O–H groups in total. The number of aryl methyl sites for hydroxylation is 1. The van der Waals surface area contributed by atoms with E-state index in [4.69, 9.17) is 0 Å². The molecule has 138 valence electrons. The van der Waals surface area contributed by atoms with Crippen molar-refractivity contribution in [2.45, 2.75) is 19.3 Å². The first-order valence-corrected chi connectivity index (χ1v) is 9.81. The second kappa shape index (κ2) is 9.95. The average molecular weight is 367 g/mol. The summed E-state index contributed by atoms with van der Waals surface area (Å²) < 4.78 is 24.3. The number of rotatable bonds is 10. The SMILES string of the molecule is C=CC(=O)Nc1ccc(CCC(=O)N(C)CCCNS(C)(=O)=O)cc1. The molecule has 1 aromatic rings. The third kappa shape index (κ3) is 9.02. The van der Waals surface area contributed by atoms with Crippen LogP contribution in [-0.4, -0.2) is 51.5 Å². The van der Waals surface area contributed by atoms with E-state index in [0.29, 0.717) is 38.0 Å². The lowest BCUT2D eigenvalue weighted by Crippen LogP contribution is -2.31. The molecule has 0 radical (unpaired) electrons. The number of carbonyl (C=O) groups excluding carboxylic acids is 2.